The second-order valence-electron chi connectivity index (χ2n) is 5.42. The molecule has 0 fully saturated rings. The van der Waals surface area contributed by atoms with Crippen molar-refractivity contribution in [3.8, 4) is 0 Å². The summed E-state index contributed by atoms with van der Waals surface area (Å²) >= 11 is 0. The monoisotopic (exact) mass is 248 g/mol. The fraction of sp³-hybridized carbons (Fsp3) is 0.538. The Hall–Kier alpha value is -1.62. The Balaban J connectivity index is 2.42. The number of pyridine rings is 1. The van der Waals surface area contributed by atoms with E-state index in [9.17, 15) is 4.79 Å². The van der Waals surface area contributed by atoms with Crippen molar-refractivity contribution in [3.63, 3.8) is 0 Å². The smallest absolute Gasteiger partial charge is 0.252 e. The molecule has 5 N–H and O–H groups in total. The van der Waals surface area contributed by atoms with Crippen molar-refractivity contribution in [3.05, 3.63) is 22.9 Å². The van der Waals surface area contributed by atoms with E-state index < -0.39 is 5.91 Å². The molecule has 0 saturated carbocycles. The van der Waals surface area contributed by atoms with Crippen LogP contribution in [-0.4, -0.2) is 23.0 Å². The molecule has 1 aliphatic rings. The number of anilines is 1. The van der Waals surface area contributed by atoms with Gasteiger partial charge >= 0.3 is 0 Å². The topological polar surface area (TPSA) is 94.0 Å². The highest BCUT2D eigenvalue weighted by Gasteiger charge is 2.23. The van der Waals surface area contributed by atoms with Crippen LogP contribution in [0.5, 0.6) is 0 Å². The number of carbonyl (C=O) groups is 1. The first kappa shape index (κ1) is 12.8. The van der Waals surface area contributed by atoms with Crippen molar-refractivity contribution in [2.24, 2.45) is 11.5 Å². The third-order valence-electron chi connectivity index (χ3n) is 3.28. The standard InChI is InChI=1S/C13H20N4O/c1-13(2,7-14)17-12-9(11(15)18)6-8-4-3-5-10(8)16-12/h6H,3-5,7,14H2,1-2H3,(H2,15,18)(H,16,17). The number of amides is 1. The normalized spacial score (nSPS) is 14.4. The lowest BCUT2D eigenvalue weighted by atomic mass is 10.0. The zero-order chi connectivity index (χ0) is 13.3. The summed E-state index contributed by atoms with van der Waals surface area (Å²) in [6, 6.07) is 1.87. The Morgan fingerprint density at radius 1 is 1.50 bits per heavy atom. The summed E-state index contributed by atoms with van der Waals surface area (Å²) in [6.07, 6.45) is 3.03. The minimum atomic E-state index is -0.451. The van der Waals surface area contributed by atoms with Crippen LogP contribution in [0.3, 0.4) is 0 Å². The maximum atomic E-state index is 11.5. The first-order valence-electron chi connectivity index (χ1n) is 6.24. The average molecular weight is 248 g/mol. The zero-order valence-electron chi connectivity index (χ0n) is 10.9. The van der Waals surface area contributed by atoms with Crippen LogP contribution in [0.1, 0.15) is 41.9 Å². The third kappa shape index (κ3) is 2.46. The van der Waals surface area contributed by atoms with Crippen LogP contribution in [0.15, 0.2) is 6.07 Å². The van der Waals surface area contributed by atoms with Gasteiger partial charge in [-0.15, -0.1) is 0 Å². The molecule has 1 amide bonds. The molecule has 0 aliphatic heterocycles. The summed E-state index contributed by atoms with van der Waals surface area (Å²) in [5.74, 6) is 0.103. The number of primary amides is 1. The maximum Gasteiger partial charge on any atom is 0.252 e. The van der Waals surface area contributed by atoms with Crippen molar-refractivity contribution < 1.29 is 4.79 Å². The van der Waals surface area contributed by atoms with Crippen molar-refractivity contribution in [1.82, 2.24) is 4.98 Å². The fourth-order valence-electron chi connectivity index (χ4n) is 2.13. The van der Waals surface area contributed by atoms with E-state index in [4.69, 9.17) is 11.5 Å². The first-order valence-corrected chi connectivity index (χ1v) is 6.24. The van der Waals surface area contributed by atoms with Crippen LogP contribution in [0.4, 0.5) is 5.82 Å². The number of nitrogens with zero attached hydrogens (tertiary/aromatic N) is 1. The van der Waals surface area contributed by atoms with Gasteiger partial charge in [-0.05, 0) is 44.7 Å². The van der Waals surface area contributed by atoms with Gasteiger partial charge in [0.1, 0.15) is 5.82 Å². The molecule has 98 valence electrons. The van der Waals surface area contributed by atoms with E-state index in [-0.39, 0.29) is 5.54 Å². The van der Waals surface area contributed by atoms with Gasteiger partial charge in [0.05, 0.1) is 5.56 Å². The van der Waals surface area contributed by atoms with Crippen molar-refractivity contribution in [1.29, 1.82) is 0 Å². The van der Waals surface area contributed by atoms with Crippen molar-refractivity contribution in [2.45, 2.75) is 38.6 Å². The summed E-state index contributed by atoms with van der Waals surface area (Å²) < 4.78 is 0. The lowest BCUT2D eigenvalue weighted by Gasteiger charge is -2.26. The number of nitrogens with one attached hydrogen (secondary N) is 1. The molecule has 0 unspecified atom stereocenters. The molecule has 18 heavy (non-hydrogen) atoms. The number of carbonyl (C=O) groups excluding carboxylic acids is 1. The molecule has 1 aliphatic carbocycles. The molecule has 1 aromatic rings. The van der Waals surface area contributed by atoms with Gasteiger partial charge in [0.25, 0.3) is 5.91 Å². The van der Waals surface area contributed by atoms with Gasteiger partial charge in [0, 0.05) is 17.8 Å². The van der Waals surface area contributed by atoms with Gasteiger partial charge in [0.15, 0.2) is 0 Å². The lowest BCUT2D eigenvalue weighted by Crippen LogP contribution is -2.40. The molecule has 0 saturated heterocycles. The second kappa shape index (κ2) is 4.57. The number of nitrogens with two attached hydrogens (primary N) is 2. The minimum Gasteiger partial charge on any atom is -0.365 e. The molecule has 0 spiro atoms. The quantitative estimate of drug-likeness (QED) is 0.735. The Labute approximate surface area is 107 Å². The first-order chi connectivity index (χ1) is 8.43. The van der Waals surface area contributed by atoms with Crippen LogP contribution >= 0.6 is 0 Å². The average Bonchev–Trinajstić information content (AvgIpc) is 2.74. The maximum absolute atomic E-state index is 11.5. The lowest BCUT2D eigenvalue weighted by molar-refractivity contribution is 0.100. The van der Waals surface area contributed by atoms with E-state index in [2.05, 4.69) is 10.3 Å². The summed E-state index contributed by atoms with van der Waals surface area (Å²) in [5.41, 5.74) is 13.4. The van der Waals surface area contributed by atoms with E-state index in [1.165, 1.54) is 0 Å². The van der Waals surface area contributed by atoms with E-state index >= 15 is 0 Å². The van der Waals surface area contributed by atoms with Gasteiger partial charge in [-0.25, -0.2) is 4.98 Å². The number of aromatic nitrogens is 1. The van der Waals surface area contributed by atoms with Crippen LogP contribution < -0.4 is 16.8 Å². The minimum absolute atomic E-state index is 0.315. The van der Waals surface area contributed by atoms with E-state index in [1.807, 2.05) is 19.9 Å². The van der Waals surface area contributed by atoms with Crippen LogP contribution in [-0.2, 0) is 12.8 Å². The zero-order valence-corrected chi connectivity index (χ0v) is 10.9. The molecular weight excluding hydrogens is 228 g/mol. The molecule has 5 heteroatoms. The SMILES string of the molecule is CC(C)(CN)Nc1nc2c(cc1C(N)=O)CCC2. The van der Waals surface area contributed by atoms with Crippen molar-refractivity contribution >= 4 is 11.7 Å². The van der Waals surface area contributed by atoms with Gasteiger partial charge in [-0.2, -0.15) is 0 Å². The number of hydrogen-bond donors (Lipinski definition) is 3. The highest BCUT2D eigenvalue weighted by atomic mass is 16.1. The molecule has 0 atom stereocenters. The summed E-state index contributed by atoms with van der Waals surface area (Å²) in [5, 5.41) is 3.21. The molecule has 2 rings (SSSR count). The molecule has 5 nitrogen and oxygen atoms in total. The van der Waals surface area contributed by atoms with Gasteiger partial charge in [-0.3, -0.25) is 4.79 Å². The Bertz CT molecular complexity index is 482. The number of hydrogen-bond acceptors (Lipinski definition) is 4. The highest BCUT2D eigenvalue weighted by molar-refractivity contribution is 5.98. The fourth-order valence-corrected chi connectivity index (χ4v) is 2.13. The van der Waals surface area contributed by atoms with Crippen LogP contribution in [0, 0.1) is 0 Å². The predicted octanol–water partition coefficient (Wildman–Crippen LogP) is 0.818. The predicted molar refractivity (Wildman–Crippen MR) is 71.5 cm³/mol. The summed E-state index contributed by atoms with van der Waals surface area (Å²) in [4.78, 5) is 16.0. The summed E-state index contributed by atoms with van der Waals surface area (Å²) in [6.45, 7) is 4.38. The number of fused-ring (bicyclic) bond motifs is 1. The van der Waals surface area contributed by atoms with Gasteiger partial charge in [0.2, 0.25) is 0 Å². The Kier molecular flexibility index (Phi) is 3.26. The molecule has 1 aromatic heterocycles. The van der Waals surface area contributed by atoms with Gasteiger partial charge < -0.3 is 16.8 Å². The largest absolute Gasteiger partial charge is 0.365 e. The number of rotatable bonds is 4. The molecule has 0 aromatic carbocycles. The van der Waals surface area contributed by atoms with Crippen molar-refractivity contribution in [2.75, 3.05) is 11.9 Å². The van der Waals surface area contributed by atoms with E-state index in [0.29, 0.717) is 17.9 Å². The van der Waals surface area contributed by atoms with Gasteiger partial charge in [-0.1, -0.05) is 0 Å². The molecule has 0 bridgehead atoms. The summed E-state index contributed by atoms with van der Waals surface area (Å²) in [7, 11) is 0. The van der Waals surface area contributed by atoms with E-state index in [1.54, 1.807) is 0 Å². The second-order valence-corrected chi connectivity index (χ2v) is 5.42. The highest BCUT2D eigenvalue weighted by Crippen LogP contribution is 2.26. The Morgan fingerprint density at radius 3 is 2.83 bits per heavy atom. The molecule has 0 radical (unpaired) electrons. The van der Waals surface area contributed by atoms with E-state index in [0.717, 1.165) is 30.5 Å². The molecular formula is C13H20N4O. The Morgan fingerprint density at radius 2 is 2.22 bits per heavy atom. The number of aryl methyl sites for hydroxylation is 2. The van der Waals surface area contributed by atoms with Crippen LogP contribution in [0.25, 0.3) is 0 Å². The molecule has 1 heterocycles. The van der Waals surface area contributed by atoms with Crippen LogP contribution in [0.2, 0.25) is 0 Å². The third-order valence-corrected chi connectivity index (χ3v) is 3.28.